The maximum atomic E-state index is 4.49. The molecule has 2 rings (SSSR count). The number of hydrogen-bond donors (Lipinski definition) is 0. The van der Waals surface area contributed by atoms with E-state index in [1.54, 1.807) is 0 Å². The number of nitrogens with zero attached hydrogens (tertiary/aromatic N) is 2. The van der Waals surface area contributed by atoms with Crippen LogP contribution in [0.15, 0.2) is 41.5 Å². The normalized spacial score (nSPS) is 11.6. The maximum absolute atomic E-state index is 4.49. The standard InChI is InChI=1S/C15H17IN2/c1-11(2)18-10-13(8-12(18)3)9-17-15-6-4-14(16)5-7-15/h4-11H,1-3H3. The molecular formula is C15H17IN2. The minimum absolute atomic E-state index is 0.491. The van der Waals surface area contributed by atoms with Crippen molar-refractivity contribution in [3.63, 3.8) is 0 Å². The first-order valence-corrected chi connectivity index (χ1v) is 7.12. The second-order valence-electron chi connectivity index (χ2n) is 4.65. The van der Waals surface area contributed by atoms with Gasteiger partial charge in [0.2, 0.25) is 0 Å². The first-order valence-electron chi connectivity index (χ1n) is 6.04. The molecule has 0 N–H and O–H groups in total. The lowest BCUT2D eigenvalue weighted by atomic mass is 10.3. The lowest BCUT2D eigenvalue weighted by Crippen LogP contribution is -2.00. The van der Waals surface area contributed by atoms with Crippen LogP contribution in [0.4, 0.5) is 5.69 Å². The first kappa shape index (κ1) is 13.3. The Morgan fingerprint density at radius 2 is 1.89 bits per heavy atom. The van der Waals surface area contributed by atoms with Crippen molar-refractivity contribution in [3.05, 3.63) is 51.4 Å². The molecule has 0 unspecified atom stereocenters. The molecule has 0 spiro atoms. The zero-order valence-electron chi connectivity index (χ0n) is 10.9. The van der Waals surface area contributed by atoms with Crippen molar-refractivity contribution in [3.8, 4) is 0 Å². The van der Waals surface area contributed by atoms with Crippen LogP contribution in [0.5, 0.6) is 0 Å². The van der Waals surface area contributed by atoms with Crippen molar-refractivity contribution < 1.29 is 0 Å². The summed E-state index contributed by atoms with van der Waals surface area (Å²) in [7, 11) is 0. The molecule has 0 aliphatic heterocycles. The molecule has 0 aliphatic rings. The number of benzene rings is 1. The highest BCUT2D eigenvalue weighted by atomic mass is 127. The van der Waals surface area contributed by atoms with Gasteiger partial charge in [0, 0.05) is 33.3 Å². The van der Waals surface area contributed by atoms with Crippen molar-refractivity contribution in [2.45, 2.75) is 26.8 Å². The third-order valence-electron chi connectivity index (χ3n) is 2.82. The minimum atomic E-state index is 0.491. The van der Waals surface area contributed by atoms with Crippen molar-refractivity contribution in [2.75, 3.05) is 0 Å². The monoisotopic (exact) mass is 352 g/mol. The van der Waals surface area contributed by atoms with Crippen LogP contribution in [0.3, 0.4) is 0 Å². The molecule has 0 atom stereocenters. The molecule has 1 aromatic heterocycles. The van der Waals surface area contributed by atoms with Gasteiger partial charge in [0.15, 0.2) is 0 Å². The average Bonchev–Trinajstić information content (AvgIpc) is 2.70. The van der Waals surface area contributed by atoms with Crippen molar-refractivity contribution in [1.82, 2.24) is 4.57 Å². The Morgan fingerprint density at radius 1 is 1.22 bits per heavy atom. The fourth-order valence-corrected chi connectivity index (χ4v) is 2.28. The third-order valence-corrected chi connectivity index (χ3v) is 3.54. The van der Waals surface area contributed by atoms with Gasteiger partial charge in [0.1, 0.15) is 0 Å². The molecule has 2 nitrogen and oxygen atoms in total. The van der Waals surface area contributed by atoms with E-state index in [2.05, 4.69) is 77.3 Å². The highest BCUT2D eigenvalue weighted by Crippen LogP contribution is 2.16. The van der Waals surface area contributed by atoms with Gasteiger partial charge in [-0.3, -0.25) is 4.99 Å². The molecule has 2 aromatic rings. The van der Waals surface area contributed by atoms with E-state index in [1.165, 1.54) is 9.26 Å². The largest absolute Gasteiger partial charge is 0.349 e. The van der Waals surface area contributed by atoms with Crippen LogP contribution in [0.1, 0.15) is 31.1 Å². The second-order valence-corrected chi connectivity index (χ2v) is 5.90. The maximum Gasteiger partial charge on any atom is 0.0630 e. The summed E-state index contributed by atoms with van der Waals surface area (Å²) in [5.41, 5.74) is 3.42. The van der Waals surface area contributed by atoms with Gasteiger partial charge in [-0.1, -0.05) is 0 Å². The SMILES string of the molecule is Cc1cc(C=Nc2ccc(I)cc2)cn1C(C)C. The van der Waals surface area contributed by atoms with Crippen LogP contribution in [0.25, 0.3) is 0 Å². The number of halogens is 1. The first-order chi connectivity index (χ1) is 8.56. The van der Waals surface area contributed by atoms with E-state index in [-0.39, 0.29) is 0 Å². The van der Waals surface area contributed by atoms with Gasteiger partial charge < -0.3 is 4.57 Å². The summed E-state index contributed by atoms with van der Waals surface area (Å²) in [6.45, 7) is 6.50. The Bertz CT molecular complexity index is 550. The topological polar surface area (TPSA) is 17.3 Å². The summed E-state index contributed by atoms with van der Waals surface area (Å²) in [6, 6.07) is 10.9. The zero-order chi connectivity index (χ0) is 13.1. The summed E-state index contributed by atoms with van der Waals surface area (Å²) >= 11 is 2.30. The van der Waals surface area contributed by atoms with Gasteiger partial charge in [-0.2, -0.15) is 0 Å². The fourth-order valence-electron chi connectivity index (χ4n) is 1.92. The highest BCUT2D eigenvalue weighted by Gasteiger charge is 2.03. The molecule has 1 heterocycles. The summed E-state index contributed by atoms with van der Waals surface area (Å²) < 4.78 is 3.49. The quantitative estimate of drug-likeness (QED) is 0.561. The van der Waals surface area contributed by atoms with Crippen LogP contribution >= 0.6 is 22.6 Å². The Kier molecular flexibility index (Phi) is 4.22. The van der Waals surface area contributed by atoms with Gasteiger partial charge in [0.05, 0.1) is 5.69 Å². The van der Waals surface area contributed by atoms with E-state index >= 15 is 0 Å². The molecule has 0 bridgehead atoms. The smallest absolute Gasteiger partial charge is 0.0630 e. The number of hydrogen-bond acceptors (Lipinski definition) is 1. The number of aromatic nitrogens is 1. The Morgan fingerprint density at radius 3 is 2.44 bits per heavy atom. The van der Waals surface area contributed by atoms with E-state index in [0.29, 0.717) is 6.04 Å². The fraction of sp³-hybridized carbons (Fsp3) is 0.267. The molecule has 0 fully saturated rings. The zero-order valence-corrected chi connectivity index (χ0v) is 13.0. The molecule has 0 saturated carbocycles. The summed E-state index contributed by atoms with van der Waals surface area (Å²) in [6.07, 6.45) is 4.07. The lowest BCUT2D eigenvalue weighted by Gasteiger charge is -2.08. The molecule has 0 radical (unpaired) electrons. The van der Waals surface area contributed by atoms with Crippen LogP contribution in [0.2, 0.25) is 0 Å². The van der Waals surface area contributed by atoms with E-state index in [0.717, 1.165) is 11.3 Å². The third kappa shape index (κ3) is 3.22. The molecule has 0 saturated heterocycles. The van der Waals surface area contributed by atoms with Crippen molar-refractivity contribution in [2.24, 2.45) is 4.99 Å². The number of aliphatic imine (C=N–C) groups is 1. The molecule has 1 aromatic carbocycles. The highest BCUT2D eigenvalue weighted by molar-refractivity contribution is 14.1. The minimum Gasteiger partial charge on any atom is -0.349 e. The molecule has 0 aliphatic carbocycles. The van der Waals surface area contributed by atoms with E-state index in [1.807, 2.05) is 18.3 Å². The lowest BCUT2D eigenvalue weighted by molar-refractivity contribution is 0.589. The van der Waals surface area contributed by atoms with Gasteiger partial charge in [-0.15, -0.1) is 0 Å². The average molecular weight is 352 g/mol. The number of rotatable bonds is 3. The predicted octanol–water partition coefficient (Wildman–Crippen LogP) is 4.73. The van der Waals surface area contributed by atoms with Crippen LogP contribution in [-0.4, -0.2) is 10.8 Å². The molecule has 0 amide bonds. The van der Waals surface area contributed by atoms with Gasteiger partial charge in [0.25, 0.3) is 0 Å². The van der Waals surface area contributed by atoms with E-state index in [9.17, 15) is 0 Å². The summed E-state index contributed by atoms with van der Waals surface area (Å²) in [5.74, 6) is 0. The van der Waals surface area contributed by atoms with Gasteiger partial charge >= 0.3 is 0 Å². The number of aryl methyl sites for hydroxylation is 1. The molecule has 94 valence electrons. The van der Waals surface area contributed by atoms with Crippen molar-refractivity contribution >= 4 is 34.5 Å². The Labute approximate surface area is 122 Å². The second kappa shape index (κ2) is 5.69. The van der Waals surface area contributed by atoms with E-state index in [4.69, 9.17) is 0 Å². The summed E-state index contributed by atoms with van der Waals surface area (Å²) in [4.78, 5) is 4.49. The predicted molar refractivity (Wildman–Crippen MR) is 86.0 cm³/mol. The van der Waals surface area contributed by atoms with Gasteiger partial charge in [-0.05, 0) is 73.7 Å². The van der Waals surface area contributed by atoms with Crippen molar-refractivity contribution in [1.29, 1.82) is 0 Å². The van der Waals surface area contributed by atoms with Gasteiger partial charge in [-0.25, -0.2) is 0 Å². The molecular weight excluding hydrogens is 335 g/mol. The Hall–Kier alpha value is -1.10. The van der Waals surface area contributed by atoms with Crippen LogP contribution in [-0.2, 0) is 0 Å². The van der Waals surface area contributed by atoms with Crippen LogP contribution < -0.4 is 0 Å². The Balaban J connectivity index is 2.18. The summed E-state index contributed by atoms with van der Waals surface area (Å²) in [5, 5.41) is 0. The van der Waals surface area contributed by atoms with Crippen LogP contribution in [0, 0.1) is 10.5 Å². The molecule has 3 heteroatoms. The van der Waals surface area contributed by atoms with E-state index < -0.39 is 0 Å². The molecule has 18 heavy (non-hydrogen) atoms.